The Morgan fingerprint density at radius 2 is 1.87 bits per heavy atom. The largest absolute Gasteiger partial charge is 0.462 e. The van der Waals surface area contributed by atoms with E-state index >= 15 is 0 Å². The molecule has 1 saturated heterocycles. The van der Waals surface area contributed by atoms with Crippen molar-refractivity contribution in [3.05, 3.63) is 46.7 Å². The minimum Gasteiger partial charge on any atom is -0.462 e. The van der Waals surface area contributed by atoms with Crippen molar-refractivity contribution in [2.24, 2.45) is 10.9 Å². The number of benzene rings is 1. The molecule has 2 heterocycles. The second-order valence-corrected chi connectivity index (χ2v) is 10.6. The zero-order valence-electron chi connectivity index (χ0n) is 19.0. The predicted octanol–water partition coefficient (Wildman–Crippen LogP) is 5.22. The Kier molecular flexibility index (Phi) is 6.46. The molecule has 5 nitrogen and oxygen atoms in total. The van der Waals surface area contributed by atoms with E-state index in [2.05, 4.69) is 37.9 Å². The molecule has 0 aliphatic carbocycles. The number of carbonyl (C=O) groups excluding carboxylic acids is 2. The fourth-order valence-corrected chi connectivity index (χ4v) is 4.79. The number of amidine groups is 1. The summed E-state index contributed by atoms with van der Waals surface area (Å²) in [4.78, 5) is 32.6. The minimum absolute atomic E-state index is 0.00723. The summed E-state index contributed by atoms with van der Waals surface area (Å²) < 4.78 is 5.57. The van der Waals surface area contributed by atoms with Crippen LogP contribution in [0.25, 0.3) is 0 Å². The first-order chi connectivity index (χ1) is 14.0. The monoisotopic (exact) mass is 428 g/mol. The predicted molar refractivity (Wildman–Crippen MR) is 122 cm³/mol. The molecule has 0 radical (unpaired) electrons. The van der Waals surface area contributed by atoms with Gasteiger partial charge in [0.15, 0.2) is 5.17 Å². The van der Waals surface area contributed by atoms with Crippen molar-refractivity contribution in [1.29, 1.82) is 0 Å². The van der Waals surface area contributed by atoms with Crippen molar-refractivity contribution in [2.75, 3.05) is 6.61 Å². The first-order valence-corrected chi connectivity index (χ1v) is 11.5. The first kappa shape index (κ1) is 22.6. The fourth-order valence-electron chi connectivity index (χ4n) is 3.65. The molecule has 2 unspecified atom stereocenters. The van der Waals surface area contributed by atoms with Crippen LogP contribution in [-0.4, -0.2) is 33.8 Å². The van der Waals surface area contributed by atoms with E-state index in [0.29, 0.717) is 23.0 Å². The molecule has 6 heteroatoms. The van der Waals surface area contributed by atoms with Crippen LogP contribution in [0.1, 0.15) is 72.1 Å². The number of amides is 1. The summed E-state index contributed by atoms with van der Waals surface area (Å²) in [6.07, 6.45) is 0.723. The number of hydrogen-bond donors (Lipinski definition) is 0. The Morgan fingerprint density at radius 3 is 2.40 bits per heavy atom. The molecule has 0 spiro atoms. The smallest absolute Gasteiger partial charge is 0.338 e. The Bertz CT molecular complexity index is 894. The molecule has 0 N–H and O–H groups in total. The van der Waals surface area contributed by atoms with Gasteiger partial charge < -0.3 is 4.74 Å². The highest BCUT2D eigenvalue weighted by Crippen LogP contribution is 2.44. The van der Waals surface area contributed by atoms with Crippen LogP contribution in [0.3, 0.4) is 0 Å². The Labute approximate surface area is 184 Å². The highest BCUT2D eigenvalue weighted by atomic mass is 32.2. The maximum atomic E-state index is 13.2. The molecule has 1 fully saturated rings. The third-order valence-corrected chi connectivity index (χ3v) is 6.70. The quantitative estimate of drug-likeness (QED) is 0.603. The maximum absolute atomic E-state index is 13.2. The summed E-state index contributed by atoms with van der Waals surface area (Å²) in [7, 11) is 0. The Balaban J connectivity index is 2.07. The van der Waals surface area contributed by atoms with Crippen molar-refractivity contribution < 1.29 is 14.3 Å². The van der Waals surface area contributed by atoms with Gasteiger partial charge in [0.05, 0.1) is 29.2 Å². The molecule has 2 aliphatic rings. The highest BCUT2D eigenvalue weighted by Gasteiger charge is 2.47. The number of esters is 1. The van der Waals surface area contributed by atoms with Gasteiger partial charge in [-0.15, -0.1) is 0 Å². The van der Waals surface area contributed by atoms with Gasteiger partial charge in [-0.2, -0.15) is 0 Å². The number of aliphatic imine (C=N–C) groups is 1. The number of ether oxygens (including phenoxy) is 1. The van der Waals surface area contributed by atoms with Gasteiger partial charge in [0.25, 0.3) is 0 Å². The average Bonchev–Trinajstić information content (AvgIpc) is 2.99. The summed E-state index contributed by atoms with van der Waals surface area (Å²) in [6, 6.07) is 7.70. The Morgan fingerprint density at radius 1 is 1.23 bits per heavy atom. The van der Waals surface area contributed by atoms with E-state index in [9.17, 15) is 9.59 Å². The van der Waals surface area contributed by atoms with Crippen LogP contribution in [0.15, 0.2) is 40.5 Å². The average molecular weight is 429 g/mol. The molecule has 162 valence electrons. The van der Waals surface area contributed by atoms with Crippen molar-refractivity contribution in [3.63, 3.8) is 0 Å². The lowest BCUT2D eigenvalue weighted by Gasteiger charge is -2.33. The van der Waals surface area contributed by atoms with Gasteiger partial charge >= 0.3 is 5.97 Å². The summed E-state index contributed by atoms with van der Waals surface area (Å²) in [5, 5.41) is 0.508. The number of carbonyl (C=O) groups is 2. The van der Waals surface area contributed by atoms with E-state index in [-0.39, 0.29) is 22.5 Å². The van der Waals surface area contributed by atoms with Crippen molar-refractivity contribution >= 4 is 28.8 Å². The van der Waals surface area contributed by atoms with Gasteiger partial charge in [-0.1, -0.05) is 77.6 Å². The van der Waals surface area contributed by atoms with Gasteiger partial charge in [0, 0.05) is 0 Å². The lowest BCUT2D eigenvalue weighted by molar-refractivity contribution is -0.141. The summed E-state index contributed by atoms with van der Waals surface area (Å²) in [5.41, 5.74) is 3.20. The topological polar surface area (TPSA) is 59.0 Å². The lowest BCUT2D eigenvalue weighted by atomic mass is 9.85. The normalized spacial score (nSPS) is 21.8. The maximum Gasteiger partial charge on any atom is 0.338 e. The van der Waals surface area contributed by atoms with Crippen LogP contribution in [-0.2, 0) is 19.7 Å². The van der Waals surface area contributed by atoms with Crippen LogP contribution in [0.4, 0.5) is 0 Å². The van der Waals surface area contributed by atoms with Gasteiger partial charge in [0.1, 0.15) is 0 Å². The molecule has 1 aromatic carbocycles. The molecular formula is C24H32N2O3S. The molecule has 0 bridgehead atoms. The van der Waals surface area contributed by atoms with Crippen LogP contribution in [0.5, 0.6) is 0 Å². The number of fused-ring (bicyclic) bond motifs is 1. The molecule has 3 rings (SSSR count). The van der Waals surface area contributed by atoms with Crippen molar-refractivity contribution in [2.45, 2.75) is 71.6 Å². The standard InChI is InChI=1S/C24H32N2O3S/c1-8-18-21(27)26-20(16-9-11-17(12-10-16)24(5,6)7)19(15(4)25-23(26)30-18)22(28)29-13-14(2)3/h9-12,14,18,20H,8,13H2,1-7H3. The zero-order valence-corrected chi connectivity index (χ0v) is 19.8. The Hall–Kier alpha value is -2.08. The molecule has 2 atom stereocenters. The minimum atomic E-state index is -0.511. The molecule has 1 aromatic rings. The summed E-state index contributed by atoms with van der Waals surface area (Å²) >= 11 is 1.48. The summed E-state index contributed by atoms with van der Waals surface area (Å²) in [5.74, 6) is -0.157. The van der Waals surface area contributed by atoms with E-state index in [1.807, 2.05) is 39.8 Å². The molecule has 30 heavy (non-hydrogen) atoms. The van der Waals surface area contributed by atoms with Crippen LogP contribution in [0.2, 0.25) is 0 Å². The fraction of sp³-hybridized carbons (Fsp3) is 0.542. The molecule has 0 aromatic heterocycles. The highest BCUT2D eigenvalue weighted by molar-refractivity contribution is 8.15. The number of thioether (sulfide) groups is 1. The van der Waals surface area contributed by atoms with Crippen molar-refractivity contribution in [3.8, 4) is 0 Å². The third kappa shape index (κ3) is 4.34. The van der Waals surface area contributed by atoms with E-state index < -0.39 is 12.0 Å². The summed E-state index contributed by atoms with van der Waals surface area (Å²) in [6.45, 7) is 14.7. The number of rotatable bonds is 5. The van der Waals surface area contributed by atoms with E-state index in [1.165, 1.54) is 17.3 Å². The van der Waals surface area contributed by atoms with Crippen LogP contribution < -0.4 is 0 Å². The van der Waals surface area contributed by atoms with Gasteiger partial charge in [-0.3, -0.25) is 9.69 Å². The SMILES string of the molecule is CCC1SC2=NC(C)=C(C(=O)OCC(C)C)C(c3ccc(C(C)(C)C)cc3)N2C1=O. The first-order valence-electron chi connectivity index (χ1n) is 10.6. The van der Waals surface area contributed by atoms with Gasteiger partial charge in [-0.05, 0) is 35.8 Å². The third-order valence-electron chi connectivity index (χ3n) is 5.38. The second-order valence-electron chi connectivity index (χ2n) is 9.38. The second kappa shape index (κ2) is 8.58. The van der Waals surface area contributed by atoms with Crippen LogP contribution >= 0.6 is 11.8 Å². The number of allylic oxidation sites excluding steroid dienone is 1. The molecule has 2 aliphatic heterocycles. The number of nitrogens with zero attached hydrogens (tertiary/aromatic N) is 2. The van der Waals surface area contributed by atoms with E-state index in [1.54, 1.807) is 4.90 Å². The lowest BCUT2D eigenvalue weighted by Crippen LogP contribution is -2.41. The van der Waals surface area contributed by atoms with E-state index in [0.717, 1.165) is 12.0 Å². The number of hydrogen-bond acceptors (Lipinski definition) is 5. The zero-order chi connectivity index (χ0) is 22.2. The molecular weight excluding hydrogens is 396 g/mol. The van der Waals surface area contributed by atoms with E-state index in [4.69, 9.17) is 4.74 Å². The molecule has 1 amide bonds. The van der Waals surface area contributed by atoms with Gasteiger partial charge in [-0.25, -0.2) is 9.79 Å². The van der Waals surface area contributed by atoms with Gasteiger partial charge in [0.2, 0.25) is 5.91 Å². The molecule has 0 saturated carbocycles. The van der Waals surface area contributed by atoms with Crippen LogP contribution in [0, 0.1) is 5.92 Å². The van der Waals surface area contributed by atoms with Crippen molar-refractivity contribution in [1.82, 2.24) is 4.90 Å².